The maximum absolute atomic E-state index is 13.1. The molecule has 2 fully saturated rings. The number of benzene rings is 1. The first-order valence-corrected chi connectivity index (χ1v) is 6.02. The highest BCUT2D eigenvalue weighted by Gasteiger charge is 2.56. The first-order chi connectivity index (χ1) is 8.15. The fraction of sp³-hybridized carbons (Fsp3) is 0.462. The third-order valence-corrected chi connectivity index (χ3v) is 3.90. The molecule has 2 aliphatic carbocycles. The van der Waals surface area contributed by atoms with Crippen LogP contribution in [0.15, 0.2) is 18.2 Å². The molecule has 2 atom stereocenters. The summed E-state index contributed by atoms with van der Waals surface area (Å²) in [5.74, 6) is 0.885. The SMILES string of the molecule is Nc1cc(F)cc(NC(=O)C2C3CCCC32)c1. The quantitative estimate of drug-likeness (QED) is 0.772. The highest BCUT2D eigenvalue weighted by Crippen LogP contribution is 2.57. The molecule has 0 aliphatic heterocycles. The Balaban J connectivity index is 1.68. The molecule has 4 heteroatoms. The molecule has 90 valence electrons. The Morgan fingerprint density at radius 1 is 1.29 bits per heavy atom. The average molecular weight is 234 g/mol. The van der Waals surface area contributed by atoms with E-state index >= 15 is 0 Å². The lowest BCUT2D eigenvalue weighted by Gasteiger charge is -2.07. The maximum atomic E-state index is 13.1. The average Bonchev–Trinajstić information content (AvgIpc) is 2.72. The van der Waals surface area contributed by atoms with Crippen LogP contribution in [0.3, 0.4) is 0 Å². The van der Waals surface area contributed by atoms with Crippen LogP contribution >= 0.6 is 0 Å². The van der Waals surface area contributed by atoms with Gasteiger partial charge in [0.25, 0.3) is 0 Å². The Kier molecular flexibility index (Phi) is 2.31. The maximum Gasteiger partial charge on any atom is 0.228 e. The van der Waals surface area contributed by atoms with Crippen LogP contribution in [0.25, 0.3) is 0 Å². The van der Waals surface area contributed by atoms with E-state index in [2.05, 4.69) is 5.32 Å². The number of amides is 1. The van der Waals surface area contributed by atoms with Crippen LogP contribution in [0.2, 0.25) is 0 Å². The minimum absolute atomic E-state index is 0.0182. The van der Waals surface area contributed by atoms with E-state index in [1.807, 2.05) is 0 Å². The van der Waals surface area contributed by atoms with Gasteiger partial charge in [0.15, 0.2) is 0 Å². The van der Waals surface area contributed by atoms with E-state index in [-0.39, 0.29) is 11.8 Å². The van der Waals surface area contributed by atoms with Crippen molar-refractivity contribution in [1.29, 1.82) is 0 Å². The van der Waals surface area contributed by atoms with E-state index in [0.717, 1.165) is 12.8 Å². The zero-order chi connectivity index (χ0) is 12.0. The Morgan fingerprint density at radius 2 is 2.00 bits per heavy atom. The summed E-state index contributed by atoms with van der Waals surface area (Å²) in [6, 6.07) is 4.12. The normalized spacial score (nSPS) is 29.8. The molecule has 3 nitrogen and oxygen atoms in total. The standard InChI is InChI=1S/C13H15FN2O/c14-7-4-8(15)6-9(5-7)16-13(17)12-10-2-1-3-11(10)12/h4-6,10-12H,1-3,15H2,(H,16,17). The fourth-order valence-corrected chi connectivity index (χ4v) is 3.12. The number of rotatable bonds is 2. The van der Waals surface area contributed by atoms with Crippen molar-refractivity contribution in [3.8, 4) is 0 Å². The van der Waals surface area contributed by atoms with E-state index in [0.29, 0.717) is 23.2 Å². The number of halogens is 1. The lowest BCUT2D eigenvalue weighted by atomic mass is 10.1. The van der Waals surface area contributed by atoms with Gasteiger partial charge in [-0.05, 0) is 42.9 Å². The third kappa shape index (κ3) is 1.88. The Hall–Kier alpha value is -1.58. The zero-order valence-corrected chi connectivity index (χ0v) is 9.45. The van der Waals surface area contributed by atoms with Crippen molar-refractivity contribution in [3.63, 3.8) is 0 Å². The minimum Gasteiger partial charge on any atom is -0.399 e. The molecule has 17 heavy (non-hydrogen) atoms. The van der Waals surface area contributed by atoms with Crippen LogP contribution in [0.4, 0.5) is 15.8 Å². The summed E-state index contributed by atoms with van der Waals surface area (Å²) in [5.41, 5.74) is 6.31. The monoisotopic (exact) mass is 234 g/mol. The highest BCUT2D eigenvalue weighted by molar-refractivity contribution is 5.95. The van der Waals surface area contributed by atoms with Crippen molar-refractivity contribution < 1.29 is 9.18 Å². The second kappa shape index (κ2) is 3.72. The molecule has 2 saturated carbocycles. The molecule has 0 radical (unpaired) electrons. The van der Waals surface area contributed by atoms with Gasteiger partial charge < -0.3 is 11.1 Å². The zero-order valence-electron chi connectivity index (χ0n) is 9.45. The molecule has 0 bridgehead atoms. The molecule has 0 aromatic heterocycles. The number of carbonyl (C=O) groups excluding carboxylic acids is 1. The van der Waals surface area contributed by atoms with Crippen LogP contribution in [-0.4, -0.2) is 5.91 Å². The summed E-state index contributed by atoms with van der Waals surface area (Å²) >= 11 is 0. The van der Waals surface area contributed by atoms with Crippen molar-refractivity contribution in [2.75, 3.05) is 11.1 Å². The summed E-state index contributed by atoms with van der Waals surface area (Å²) in [6.45, 7) is 0. The molecule has 0 saturated heterocycles. The van der Waals surface area contributed by atoms with Gasteiger partial charge >= 0.3 is 0 Å². The second-order valence-electron chi connectivity index (χ2n) is 5.05. The van der Waals surface area contributed by atoms with E-state index < -0.39 is 5.82 Å². The number of anilines is 2. The van der Waals surface area contributed by atoms with Gasteiger partial charge in [-0.2, -0.15) is 0 Å². The van der Waals surface area contributed by atoms with Gasteiger partial charge in [-0.3, -0.25) is 4.79 Å². The molecule has 0 heterocycles. The molecule has 1 aromatic rings. The van der Waals surface area contributed by atoms with Gasteiger partial charge in [0.05, 0.1) is 0 Å². The fourth-order valence-electron chi connectivity index (χ4n) is 3.12. The van der Waals surface area contributed by atoms with E-state index in [1.165, 1.54) is 18.6 Å². The highest BCUT2D eigenvalue weighted by atomic mass is 19.1. The van der Waals surface area contributed by atoms with Gasteiger partial charge in [-0.1, -0.05) is 6.42 Å². The molecule has 1 aromatic carbocycles. The van der Waals surface area contributed by atoms with Gasteiger partial charge in [0.2, 0.25) is 5.91 Å². The molecule has 3 N–H and O–H groups in total. The van der Waals surface area contributed by atoms with E-state index in [9.17, 15) is 9.18 Å². The van der Waals surface area contributed by atoms with Crippen LogP contribution in [0.1, 0.15) is 19.3 Å². The number of nitrogens with two attached hydrogens (primary N) is 1. The Bertz CT molecular complexity index is 444. The third-order valence-electron chi connectivity index (χ3n) is 3.90. The van der Waals surface area contributed by atoms with Crippen LogP contribution in [0.5, 0.6) is 0 Å². The van der Waals surface area contributed by atoms with Crippen molar-refractivity contribution in [1.82, 2.24) is 0 Å². The lowest BCUT2D eigenvalue weighted by Crippen LogP contribution is -2.16. The Morgan fingerprint density at radius 3 is 2.65 bits per heavy atom. The molecule has 3 rings (SSSR count). The second-order valence-corrected chi connectivity index (χ2v) is 5.05. The van der Waals surface area contributed by atoms with Crippen LogP contribution in [-0.2, 0) is 4.79 Å². The van der Waals surface area contributed by atoms with Gasteiger partial charge in [0.1, 0.15) is 5.82 Å². The predicted octanol–water partition coefficient (Wildman–Crippen LogP) is 2.39. The van der Waals surface area contributed by atoms with Crippen molar-refractivity contribution in [2.24, 2.45) is 17.8 Å². The van der Waals surface area contributed by atoms with Gasteiger partial charge in [-0.25, -0.2) is 4.39 Å². The van der Waals surface area contributed by atoms with Crippen LogP contribution < -0.4 is 11.1 Å². The predicted molar refractivity (Wildman–Crippen MR) is 63.8 cm³/mol. The lowest BCUT2D eigenvalue weighted by molar-refractivity contribution is -0.118. The summed E-state index contributed by atoms with van der Waals surface area (Å²) in [4.78, 5) is 11.9. The van der Waals surface area contributed by atoms with Crippen LogP contribution in [0, 0.1) is 23.6 Å². The molecular formula is C13H15FN2O. The summed E-state index contributed by atoms with van der Waals surface area (Å²) in [7, 11) is 0. The largest absolute Gasteiger partial charge is 0.399 e. The van der Waals surface area contributed by atoms with Crippen molar-refractivity contribution in [3.05, 3.63) is 24.0 Å². The molecule has 2 aliphatic rings. The first kappa shape index (κ1) is 10.6. The van der Waals surface area contributed by atoms with Crippen molar-refractivity contribution >= 4 is 17.3 Å². The number of nitrogen functional groups attached to an aromatic ring is 1. The summed E-state index contributed by atoms with van der Waals surface area (Å²) in [5, 5.41) is 2.76. The van der Waals surface area contributed by atoms with Gasteiger partial charge in [-0.15, -0.1) is 0 Å². The van der Waals surface area contributed by atoms with E-state index in [4.69, 9.17) is 5.73 Å². The Labute approximate surface area is 99.2 Å². The summed E-state index contributed by atoms with van der Waals surface area (Å²) in [6.07, 6.45) is 3.56. The molecule has 0 spiro atoms. The summed E-state index contributed by atoms with van der Waals surface area (Å²) < 4.78 is 13.1. The smallest absolute Gasteiger partial charge is 0.228 e. The number of hydrogen-bond acceptors (Lipinski definition) is 2. The van der Waals surface area contributed by atoms with Gasteiger partial charge in [0, 0.05) is 17.3 Å². The molecule has 2 unspecified atom stereocenters. The number of nitrogens with one attached hydrogen (secondary N) is 1. The minimum atomic E-state index is -0.420. The number of hydrogen-bond donors (Lipinski definition) is 2. The first-order valence-electron chi connectivity index (χ1n) is 6.02. The topological polar surface area (TPSA) is 55.1 Å². The van der Waals surface area contributed by atoms with Crippen molar-refractivity contribution in [2.45, 2.75) is 19.3 Å². The number of fused-ring (bicyclic) bond motifs is 1. The van der Waals surface area contributed by atoms with E-state index in [1.54, 1.807) is 6.07 Å². The number of carbonyl (C=O) groups is 1. The molecular weight excluding hydrogens is 219 g/mol. The molecule has 1 amide bonds.